The SMILES string of the molecule is CCn1c(NC(=O)CNC2CC2)nc2ccc(Br)cc21. The molecule has 3 rings (SSSR count). The van der Waals surface area contributed by atoms with Crippen LogP contribution in [0.2, 0.25) is 0 Å². The molecule has 2 N–H and O–H groups in total. The molecule has 0 radical (unpaired) electrons. The second-order valence-electron chi connectivity index (χ2n) is 5.02. The normalized spacial score (nSPS) is 14.7. The number of nitrogens with one attached hydrogen (secondary N) is 2. The summed E-state index contributed by atoms with van der Waals surface area (Å²) in [5.41, 5.74) is 1.91. The maximum absolute atomic E-state index is 11.9. The number of anilines is 1. The molecule has 1 aromatic carbocycles. The third kappa shape index (κ3) is 2.86. The molecule has 0 aliphatic heterocycles. The van der Waals surface area contributed by atoms with Crippen molar-refractivity contribution in [3.8, 4) is 0 Å². The van der Waals surface area contributed by atoms with E-state index in [0.717, 1.165) is 22.1 Å². The fourth-order valence-corrected chi connectivity index (χ4v) is 2.55. The van der Waals surface area contributed by atoms with Crippen molar-refractivity contribution < 1.29 is 4.79 Å². The molecule has 1 aliphatic rings. The quantitative estimate of drug-likeness (QED) is 0.881. The van der Waals surface area contributed by atoms with Gasteiger partial charge < -0.3 is 9.88 Å². The number of rotatable bonds is 5. The van der Waals surface area contributed by atoms with Crippen molar-refractivity contribution in [1.29, 1.82) is 0 Å². The second kappa shape index (κ2) is 5.54. The molecule has 0 atom stereocenters. The standard InChI is InChI=1S/C14H17BrN4O/c1-2-19-12-7-9(15)3-6-11(12)17-14(19)18-13(20)8-16-10-4-5-10/h3,6-7,10,16H,2,4-5,8H2,1H3,(H,17,18,20). The summed E-state index contributed by atoms with van der Waals surface area (Å²) in [6.07, 6.45) is 2.35. The van der Waals surface area contributed by atoms with Crippen molar-refractivity contribution in [2.24, 2.45) is 0 Å². The Balaban J connectivity index is 1.80. The first-order valence-electron chi connectivity index (χ1n) is 6.86. The van der Waals surface area contributed by atoms with E-state index in [1.807, 2.05) is 29.7 Å². The van der Waals surface area contributed by atoms with Crippen molar-refractivity contribution in [3.05, 3.63) is 22.7 Å². The Hall–Kier alpha value is -1.40. The van der Waals surface area contributed by atoms with E-state index in [4.69, 9.17) is 0 Å². The molecule has 2 aromatic rings. The van der Waals surface area contributed by atoms with Crippen LogP contribution in [0, 0.1) is 0 Å². The summed E-state index contributed by atoms with van der Waals surface area (Å²) in [5.74, 6) is 0.573. The van der Waals surface area contributed by atoms with Crippen LogP contribution >= 0.6 is 15.9 Å². The zero-order valence-corrected chi connectivity index (χ0v) is 12.9. The van der Waals surface area contributed by atoms with Gasteiger partial charge in [-0.2, -0.15) is 0 Å². The first kappa shape index (κ1) is 13.6. The van der Waals surface area contributed by atoms with Crippen molar-refractivity contribution >= 4 is 38.8 Å². The highest BCUT2D eigenvalue weighted by molar-refractivity contribution is 9.10. The van der Waals surface area contributed by atoms with E-state index in [0.29, 0.717) is 18.5 Å². The number of hydrogen-bond acceptors (Lipinski definition) is 3. The van der Waals surface area contributed by atoms with Crippen LogP contribution in [0.25, 0.3) is 11.0 Å². The number of aromatic nitrogens is 2. The Labute approximate surface area is 125 Å². The fraction of sp³-hybridized carbons (Fsp3) is 0.429. The minimum Gasteiger partial charge on any atom is -0.310 e. The van der Waals surface area contributed by atoms with Crippen molar-refractivity contribution in [2.45, 2.75) is 32.4 Å². The minimum absolute atomic E-state index is 0.0408. The summed E-state index contributed by atoms with van der Waals surface area (Å²) < 4.78 is 3.02. The predicted molar refractivity (Wildman–Crippen MR) is 82.8 cm³/mol. The van der Waals surface area contributed by atoms with Crippen LogP contribution in [0.4, 0.5) is 5.95 Å². The van der Waals surface area contributed by atoms with E-state index < -0.39 is 0 Å². The first-order valence-corrected chi connectivity index (χ1v) is 7.65. The number of hydrogen-bond donors (Lipinski definition) is 2. The number of halogens is 1. The molecule has 1 aliphatic carbocycles. The third-order valence-electron chi connectivity index (χ3n) is 3.41. The largest absolute Gasteiger partial charge is 0.310 e. The Kier molecular flexibility index (Phi) is 3.76. The zero-order valence-electron chi connectivity index (χ0n) is 11.3. The molecule has 1 heterocycles. The van der Waals surface area contributed by atoms with Gasteiger partial charge in [0.1, 0.15) is 0 Å². The van der Waals surface area contributed by atoms with Gasteiger partial charge in [-0.3, -0.25) is 10.1 Å². The molecule has 0 unspecified atom stereocenters. The molecule has 1 aromatic heterocycles. The second-order valence-corrected chi connectivity index (χ2v) is 5.93. The Morgan fingerprint density at radius 1 is 1.50 bits per heavy atom. The monoisotopic (exact) mass is 336 g/mol. The van der Waals surface area contributed by atoms with Gasteiger partial charge in [-0.15, -0.1) is 0 Å². The zero-order chi connectivity index (χ0) is 14.1. The average molecular weight is 337 g/mol. The van der Waals surface area contributed by atoms with Crippen molar-refractivity contribution in [3.63, 3.8) is 0 Å². The average Bonchev–Trinajstić information content (AvgIpc) is 3.19. The van der Waals surface area contributed by atoms with Crippen LogP contribution < -0.4 is 10.6 Å². The van der Waals surface area contributed by atoms with Gasteiger partial charge in [0.05, 0.1) is 17.6 Å². The fourth-order valence-electron chi connectivity index (χ4n) is 2.20. The van der Waals surface area contributed by atoms with E-state index in [-0.39, 0.29) is 5.91 Å². The summed E-state index contributed by atoms with van der Waals surface area (Å²) in [6.45, 7) is 3.15. The lowest BCUT2D eigenvalue weighted by molar-refractivity contribution is -0.115. The summed E-state index contributed by atoms with van der Waals surface area (Å²) in [7, 11) is 0. The van der Waals surface area contributed by atoms with Gasteiger partial charge in [-0.25, -0.2) is 4.98 Å². The van der Waals surface area contributed by atoms with Gasteiger partial charge in [0, 0.05) is 17.1 Å². The number of benzene rings is 1. The van der Waals surface area contributed by atoms with E-state index in [1.54, 1.807) is 0 Å². The molecule has 6 heteroatoms. The van der Waals surface area contributed by atoms with Crippen LogP contribution in [0.15, 0.2) is 22.7 Å². The molecule has 106 valence electrons. The molecule has 0 spiro atoms. The summed E-state index contributed by atoms with van der Waals surface area (Å²) in [4.78, 5) is 16.4. The van der Waals surface area contributed by atoms with Crippen LogP contribution in [0.1, 0.15) is 19.8 Å². The van der Waals surface area contributed by atoms with Crippen LogP contribution in [0.3, 0.4) is 0 Å². The number of fused-ring (bicyclic) bond motifs is 1. The number of aryl methyl sites for hydroxylation is 1. The summed E-state index contributed by atoms with van der Waals surface area (Å²) in [6, 6.07) is 6.45. The third-order valence-corrected chi connectivity index (χ3v) is 3.90. The number of carbonyl (C=O) groups excluding carboxylic acids is 1. The minimum atomic E-state index is -0.0408. The van der Waals surface area contributed by atoms with Gasteiger partial charge in [-0.1, -0.05) is 15.9 Å². The van der Waals surface area contributed by atoms with Gasteiger partial charge in [-0.05, 0) is 38.0 Å². The maximum atomic E-state index is 11.9. The van der Waals surface area contributed by atoms with Crippen LogP contribution in [0.5, 0.6) is 0 Å². The van der Waals surface area contributed by atoms with Gasteiger partial charge in [0.2, 0.25) is 11.9 Å². The highest BCUT2D eigenvalue weighted by Crippen LogP contribution is 2.23. The number of nitrogens with zero attached hydrogens (tertiary/aromatic N) is 2. The molecule has 1 amide bonds. The Morgan fingerprint density at radius 3 is 3.00 bits per heavy atom. The molecular weight excluding hydrogens is 320 g/mol. The van der Waals surface area contributed by atoms with Gasteiger partial charge in [0.15, 0.2) is 0 Å². The summed E-state index contributed by atoms with van der Waals surface area (Å²) in [5, 5.41) is 6.09. The lowest BCUT2D eigenvalue weighted by Crippen LogP contribution is -2.30. The van der Waals surface area contributed by atoms with Crippen LogP contribution in [-0.4, -0.2) is 28.0 Å². The molecule has 0 bridgehead atoms. The topological polar surface area (TPSA) is 59.0 Å². The molecule has 0 saturated heterocycles. The Morgan fingerprint density at radius 2 is 2.30 bits per heavy atom. The Bertz CT molecular complexity index is 648. The maximum Gasteiger partial charge on any atom is 0.240 e. The number of amides is 1. The predicted octanol–water partition coefficient (Wildman–Crippen LogP) is 2.51. The molecule has 20 heavy (non-hydrogen) atoms. The van der Waals surface area contributed by atoms with E-state index >= 15 is 0 Å². The van der Waals surface area contributed by atoms with Gasteiger partial charge >= 0.3 is 0 Å². The lowest BCUT2D eigenvalue weighted by atomic mass is 10.3. The van der Waals surface area contributed by atoms with Crippen molar-refractivity contribution in [2.75, 3.05) is 11.9 Å². The highest BCUT2D eigenvalue weighted by Gasteiger charge is 2.21. The number of carbonyl (C=O) groups is 1. The van der Waals surface area contributed by atoms with Crippen molar-refractivity contribution in [1.82, 2.24) is 14.9 Å². The first-order chi connectivity index (χ1) is 9.67. The molecule has 1 saturated carbocycles. The highest BCUT2D eigenvalue weighted by atomic mass is 79.9. The smallest absolute Gasteiger partial charge is 0.240 e. The molecule has 1 fully saturated rings. The van der Waals surface area contributed by atoms with E-state index in [2.05, 4.69) is 31.5 Å². The molecule has 5 nitrogen and oxygen atoms in total. The summed E-state index contributed by atoms with van der Waals surface area (Å²) >= 11 is 3.47. The lowest BCUT2D eigenvalue weighted by Gasteiger charge is -2.08. The van der Waals surface area contributed by atoms with E-state index in [1.165, 1.54) is 12.8 Å². The van der Waals surface area contributed by atoms with Gasteiger partial charge in [0.25, 0.3) is 0 Å². The van der Waals surface area contributed by atoms with Crippen LogP contribution in [-0.2, 0) is 11.3 Å². The number of imidazole rings is 1. The van der Waals surface area contributed by atoms with E-state index in [9.17, 15) is 4.79 Å². The molecular formula is C14H17BrN4O.